The van der Waals surface area contributed by atoms with E-state index in [1.165, 1.54) is 12.1 Å². The highest BCUT2D eigenvalue weighted by Gasteiger charge is 2.33. The number of halogens is 4. The normalized spacial score (nSPS) is 17.4. The molecule has 2 aliphatic rings. The molecular formula is C23H19F4N5O3. The lowest BCUT2D eigenvalue weighted by atomic mass is 10.0. The molecule has 4 rings (SSSR count). The molecule has 35 heavy (non-hydrogen) atoms. The van der Waals surface area contributed by atoms with Gasteiger partial charge in [-0.15, -0.1) is 0 Å². The number of nitrogens with one attached hydrogen (secondary N) is 3. The van der Waals surface area contributed by atoms with Gasteiger partial charge in [-0.2, -0.15) is 13.2 Å². The lowest BCUT2D eigenvalue weighted by Gasteiger charge is -2.21. The van der Waals surface area contributed by atoms with Gasteiger partial charge >= 0.3 is 12.2 Å². The van der Waals surface area contributed by atoms with E-state index < -0.39 is 29.8 Å². The number of hydrogen-bond acceptors (Lipinski definition) is 5. The van der Waals surface area contributed by atoms with E-state index in [0.29, 0.717) is 23.7 Å². The fourth-order valence-electron chi connectivity index (χ4n) is 3.09. The molecule has 2 aromatic rings. The highest BCUT2D eigenvalue weighted by Crippen LogP contribution is 2.30. The van der Waals surface area contributed by atoms with Crippen molar-refractivity contribution in [1.82, 2.24) is 15.3 Å². The van der Waals surface area contributed by atoms with E-state index >= 15 is 0 Å². The molecule has 0 saturated heterocycles. The summed E-state index contributed by atoms with van der Waals surface area (Å²) >= 11 is 0. The first kappa shape index (κ1) is 23.9. The number of carbonyl (C=O) groups excluding carboxylic acids is 2. The molecule has 1 heterocycles. The van der Waals surface area contributed by atoms with Gasteiger partial charge in [-0.05, 0) is 42.7 Å². The predicted molar refractivity (Wildman–Crippen MR) is 118 cm³/mol. The summed E-state index contributed by atoms with van der Waals surface area (Å²) in [5, 5.41) is 7.28. The molecule has 3 N–H and O–H groups in total. The van der Waals surface area contributed by atoms with Crippen LogP contribution in [0.4, 0.5) is 33.9 Å². The first-order chi connectivity index (χ1) is 16.6. The first-order valence-corrected chi connectivity index (χ1v) is 10.4. The van der Waals surface area contributed by atoms with Crippen molar-refractivity contribution in [2.75, 3.05) is 10.6 Å². The number of benzene rings is 1. The fourth-order valence-corrected chi connectivity index (χ4v) is 3.09. The number of amides is 3. The minimum atomic E-state index is -4.70. The number of rotatable bonds is 6. The lowest BCUT2D eigenvalue weighted by Crippen LogP contribution is -2.36. The number of anilines is 2. The Bertz CT molecular complexity index is 1240. The molecule has 3 amide bonds. The highest BCUT2D eigenvalue weighted by molar-refractivity contribution is 5.99. The van der Waals surface area contributed by atoms with E-state index in [9.17, 15) is 27.2 Å². The number of hydrogen-bond donors (Lipinski definition) is 3. The summed E-state index contributed by atoms with van der Waals surface area (Å²) in [4.78, 5) is 30.8. The summed E-state index contributed by atoms with van der Waals surface area (Å²) in [6.45, 7) is 3.89. The third-order valence-corrected chi connectivity index (χ3v) is 5.05. The Morgan fingerprint density at radius 2 is 1.86 bits per heavy atom. The van der Waals surface area contributed by atoms with Crippen molar-refractivity contribution in [3.05, 3.63) is 78.2 Å². The van der Waals surface area contributed by atoms with Crippen molar-refractivity contribution in [2.45, 2.75) is 25.1 Å². The lowest BCUT2D eigenvalue weighted by molar-refractivity contribution is -0.141. The van der Waals surface area contributed by atoms with Crippen LogP contribution in [0.1, 0.15) is 18.5 Å². The zero-order valence-electron chi connectivity index (χ0n) is 18.0. The van der Waals surface area contributed by atoms with Crippen LogP contribution < -0.4 is 20.7 Å². The van der Waals surface area contributed by atoms with E-state index in [0.717, 1.165) is 18.9 Å². The molecule has 0 spiro atoms. The Labute approximate surface area is 196 Å². The maximum Gasteiger partial charge on any atom is 0.433 e. The molecule has 2 aliphatic carbocycles. The average Bonchev–Trinajstić information content (AvgIpc) is 3.63. The first-order valence-electron chi connectivity index (χ1n) is 10.4. The number of urea groups is 1. The van der Waals surface area contributed by atoms with Crippen molar-refractivity contribution >= 4 is 23.4 Å². The second-order valence-corrected chi connectivity index (χ2v) is 7.85. The van der Waals surface area contributed by atoms with E-state index in [-0.39, 0.29) is 29.1 Å². The van der Waals surface area contributed by atoms with E-state index in [1.807, 2.05) is 0 Å². The summed E-state index contributed by atoms with van der Waals surface area (Å²) < 4.78 is 58.4. The van der Waals surface area contributed by atoms with Crippen molar-refractivity contribution in [1.29, 1.82) is 0 Å². The smallest absolute Gasteiger partial charge is 0.433 e. The molecule has 182 valence electrons. The molecule has 0 aliphatic heterocycles. The number of allylic oxidation sites excluding steroid dienone is 1. The number of alkyl halides is 3. The number of aromatic nitrogens is 2. The van der Waals surface area contributed by atoms with Crippen molar-refractivity contribution in [3.8, 4) is 5.75 Å². The quantitative estimate of drug-likeness (QED) is 0.516. The summed E-state index contributed by atoms with van der Waals surface area (Å²) in [6, 6.07) is 2.75. The van der Waals surface area contributed by atoms with E-state index in [1.54, 1.807) is 18.2 Å². The zero-order valence-corrected chi connectivity index (χ0v) is 18.0. The standard InChI is InChI=1S/C23H19F4N5O3/c1-12-2-6-15(9-17(12)31-21(33)13-3-4-13)35-18-7-5-14(8-16(18)24)30-22(34)32-20-10-19(23(25,26)27)28-11-29-20/h2,5-11,13,17H,1,3-4H2,(H,31,33)(H2,28,29,30,32,34). The second kappa shape index (κ2) is 9.57. The third kappa shape index (κ3) is 6.22. The summed E-state index contributed by atoms with van der Waals surface area (Å²) in [5.41, 5.74) is -0.545. The number of nitrogens with zero attached hydrogens (tertiary/aromatic N) is 2. The SMILES string of the molecule is C=C1C=CC(Oc2ccc(NC(=O)Nc3cc(C(F)(F)F)ncn3)cc2F)=CC1NC(=O)C1CC1. The van der Waals surface area contributed by atoms with Crippen LogP contribution in [0.3, 0.4) is 0 Å². The summed E-state index contributed by atoms with van der Waals surface area (Å²) in [5.74, 6) is -1.09. The molecule has 12 heteroatoms. The van der Waals surface area contributed by atoms with Gasteiger partial charge in [-0.3, -0.25) is 10.1 Å². The molecule has 1 unspecified atom stereocenters. The van der Waals surface area contributed by atoms with Gasteiger partial charge in [0.15, 0.2) is 11.6 Å². The maximum absolute atomic E-state index is 14.6. The van der Waals surface area contributed by atoms with Crippen LogP contribution in [-0.2, 0) is 11.0 Å². The van der Waals surface area contributed by atoms with Gasteiger partial charge in [0.25, 0.3) is 0 Å². The van der Waals surface area contributed by atoms with Crippen LogP contribution in [0.2, 0.25) is 0 Å². The Hall–Kier alpha value is -4.22. The van der Waals surface area contributed by atoms with Gasteiger partial charge in [-0.25, -0.2) is 19.2 Å². The Balaban J connectivity index is 1.38. The molecule has 0 radical (unpaired) electrons. The fraction of sp³-hybridized carbons (Fsp3) is 0.217. The Morgan fingerprint density at radius 1 is 1.09 bits per heavy atom. The maximum atomic E-state index is 14.6. The van der Waals surface area contributed by atoms with Crippen LogP contribution in [0.5, 0.6) is 5.75 Å². The van der Waals surface area contributed by atoms with Crippen molar-refractivity contribution < 1.29 is 31.9 Å². The molecular weight excluding hydrogens is 470 g/mol. The van der Waals surface area contributed by atoms with Crippen LogP contribution in [0.25, 0.3) is 0 Å². The van der Waals surface area contributed by atoms with Gasteiger partial charge in [-0.1, -0.05) is 12.7 Å². The van der Waals surface area contributed by atoms with Crippen LogP contribution in [0.15, 0.2) is 66.7 Å². The van der Waals surface area contributed by atoms with Crippen LogP contribution >= 0.6 is 0 Å². The molecule has 1 atom stereocenters. The largest absolute Gasteiger partial charge is 0.455 e. The summed E-state index contributed by atoms with van der Waals surface area (Å²) in [7, 11) is 0. The molecule has 1 aromatic carbocycles. The Morgan fingerprint density at radius 3 is 2.54 bits per heavy atom. The third-order valence-electron chi connectivity index (χ3n) is 5.05. The number of ether oxygens (including phenoxy) is 1. The van der Waals surface area contributed by atoms with Gasteiger partial charge in [0.2, 0.25) is 5.91 Å². The minimum Gasteiger partial charge on any atom is -0.455 e. The second-order valence-electron chi connectivity index (χ2n) is 7.85. The van der Waals surface area contributed by atoms with Crippen molar-refractivity contribution in [2.24, 2.45) is 5.92 Å². The molecule has 8 nitrogen and oxygen atoms in total. The summed E-state index contributed by atoms with van der Waals surface area (Å²) in [6.07, 6.45) is 2.51. The van der Waals surface area contributed by atoms with E-state index in [4.69, 9.17) is 4.74 Å². The molecule has 0 bridgehead atoms. The molecule has 1 saturated carbocycles. The minimum absolute atomic E-state index is 0.0159. The predicted octanol–water partition coefficient (Wildman–Crippen LogP) is 4.56. The van der Waals surface area contributed by atoms with Gasteiger partial charge in [0.05, 0.1) is 6.04 Å². The number of carbonyl (C=O) groups is 2. The van der Waals surface area contributed by atoms with Crippen LogP contribution in [-0.4, -0.2) is 27.9 Å². The van der Waals surface area contributed by atoms with Gasteiger partial charge in [0.1, 0.15) is 23.6 Å². The van der Waals surface area contributed by atoms with E-state index in [2.05, 4.69) is 32.5 Å². The molecule has 1 aromatic heterocycles. The zero-order chi connectivity index (χ0) is 25.2. The highest BCUT2D eigenvalue weighted by atomic mass is 19.4. The average molecular weight is 489 g/mol. The van der Waals surface area contributed by atoms with Gasteiger partial charge in [0, 0.05) is 23.7 Å². The van der Waals surface area contributed by atoms with Gasteiger partial charge < -0.3 is 15.4 Å². The monoisotopic (exact) mass is 489 g/mol. The Kier molecular flexibility index (Phi) is 6.54. The van der Waals surface area contributed by atoms with Crippen molar-refractivity contribution in [3.63, 3.8) is 0 Å². The van der Waals surface area contributed by atoms with Crippen LogP contribution in [0, 0.1) is 11.7 Å². The topological polar surface area (TPSA) is 105 Å². The molecule has 1 fully saturated rings.